The van der Waals surface area contributed by atoms with Crippen LogP contribution in [0.4, 0.5) is 11.4 Å². The number of hydrogen-bond donors (Lipinski definition) is 2. The zero-order valence-corrected chi connectivity index (χ0v) is 15.8. The van der Waals surface area contributed by atoms with Gasteiger partial charge in [-0.2, -0.15) is 0 Å². The number of nitrogens with zero attached hydrogens (tertiary/aromatic N) is 1. The Morgan fingerprint density at radius 2 is 1.64 bits per heavy atom. The lowest BCUT2D eigenvalue weighted by Crippen LogP contribution is -2.14. The van der Waals surface area contributed by atoms with Crippen LogP contribution in [0.5, 0.6) is 0 Å². The normalized spacial score (nSPS) is 11.0. The van der Waals surface area contributed by atoms with Crippen molar-refractivity contribution in [2.24, 2.45) is 0 Å². The predicted octanol–water partition coefficient (Wildman–Crippen LogP) is 3.65. The van der Waals surface area contributed by atoms with Gasteiger partial charge in [-0.1, -0.05) is 48.5 Å². The predicted molar refractivity (Wildman–Crippen MR) is 107 cm³/mol. The van der Waals surface area contributed by atoms with Gasteiger partial charge in [-0.25, -0.2) is 8.42 Å². The van der Waals surface area contributed by atoms with E-state index in [4.69, 9.17) is 0 Å². The van der Waals surface area contributed by atoms with Crippen LogP contribution in [-0.4, -0.2) is 31.0 Å². The first-order chi connectivity index (χ1) is 13.4. The Labute approximate surface area is 163 Å². The van der Waals surface area contributed by atoms with Gasteiger partial charge < -0.3 is 5.32 Å². The first-order valence-corrected chi connectivity index (χ1v) is 10.1. The van der Waals surface area contributed by atoms with Gasteiger partial charge in [-0.05, 0) is 29.8 Å². The van der Waals surface area contributed by atoms with Crippen LogP contribution in [0.1, 0.15) is 15.9 Å². The minimum Gasteiger partial charge on any atom is -0.316 e. The third kappa shape index (κ3) is 4.44. The molecule has 0 unspecified atom stereocenters. The Bertz CT molecular complexity index is 1130. The topological polar surface area (TPSA) is 86.5 Å². The summed E-state index contributed by atoms with van der Waals surface area (Å²) >= 11 is 0. The van der Waals surface area contributed by atoms with E-state index < -0.39 is 15.7 Å². The molecule has 6 nitrogen and oxygen atoms in total. The average molecular weight is 395 g/mol. The Hall–Kier alpha value is -3.45. The molecule has 3 aromatic rings. The smallest absolute Gasteiger partial charge is 0.279 e. The van der Waals surface area contributed by atoms with Crippen LogP contribution in [-0.2, 0) is 15.6 Å². The van der Waals surface area contributed by atoms with E-state index in [9.17, 15) is 18.4 Å². The van der Waals surface area contributed by atoms with Gasteiger partial charge in [0.25, 0.3) is 11.6 Å². The lowest BCUT2D eigenvalue weighted by Gasteiger charge is -2.09. The maximum absolute atomic E-state index is 12.7. The van der Waals surface area contributed by atoms with Gasteiger partial charge >= 0.3 is 0 Å². The fourth-order valence-corrected chi connectivity index (χ4v) is 4.10. The number of rotatable bonds is 6. The van der Waals surface area contributed by atoms with E-state index in [-0.39, 0.29) is 16.2 Å². The van der Waals surface area contributed by atoms with E-state index in [1.807, 2.05) is 6.07 Å². The summed E-state index contributed by atoms with van der Waals surface area (Å²) in [4.78, 5) is 12.7. The molecule has 0 atom stereocenters. The second-order valence-corrected chi connectivity index (χ2v) is 8.13. The number of hydrogen-bond acceptors (Lipinski definition) is 4. The van der Waals surface area contributed by atoms with Crippen molar-refractivity contribution in [3.63, 3.8) is 0 Å². The van der Waals surface area contributed by atoms with E-state index in [0.29, 0.717) is 21.7 Å². The first-order valence-electron chi connectivity index (χ1n) is 8.43. The van der Waals surface area contributed by atoms with Gasteiger partial charge in [-0.3, -0.25) is 10.0 Å². The summed E-state index contributed by atoms with van der Waals surface area (Å²) in [5, 5.41) is 12.2. The first kappa shape index (κ1) is 19.3. The highest BCUT2D eigenvalue weighted by molar-refractivity contribution is 7.90. The van der Waals surface area contributed by atoms with Crippen molar-refractivity contribution in [1.82, 2.24) is 0 Å². The molecule has 7 heteroatoms. The molecule has 0 aliphatic carbocycles. The second-order valence-electron chi connectivity index (χ2n) is 6.14. The molecule has 0 saturated carbocycles. The summed E-state index contributed by atoms with van der Waals surface area (Å²) in [5.74, 6) is -0.644. The number of carbonyl (C=O) groups excluding carboxylic acids is 1. The van der Waals surface area contributed by atoms with E-state index in [2.05, 4.69) is 12.0 Å². The van der Waals surface area contributed by atoms with Gasteiger partial charge in [0, 0.05) is 16.4 Å². The molecule has 0 aliphatic heterocycles. The molecule has 3 aromatic carbocycles. The summed E-state index contributed by atoms with van der Waals surface area (Å²) in [5.41, 5.74) is 1.52. The van der Waals surface area contributed by atoms with Crippen LogP contribution < -0.4 is 5.32 Å². The number of nitrogens with one attached hydrogen (secondary N) is 1. The highest BCUT2D eigenvalue weighted by Crippen LogP contribution is 2.24. The van der Waals surface area contributed by atoms with Crippen molar-refractivity contribution in [2.75, 3.05) is 5.32 Å². The second kappa shape index (κ2) is 8.06. The maximum atomic E-state index is 12.7. The van der Waals surface area contributed by atoms with Crippen molar-refractivity contribution in [3.8, 4) is 0 Å². The monoisotopic (exact) mass is 395 g/mol. The molecule has 1 amide bonds. The van der Waals surface area contributed by atoms with Crippen LogP contribution >= 0.6 is 0 Å². The van der Waals surface area contributed by atoms with Crippen LogP contribution in [0.3, 0.4) is 0 Å². The van der Waals surface area contributed by atoms with Crippen molar-refractivity contribution < 1.29 is 23.2 Å². The average Bonchev–Trinajstić information content (AvgIpc) is 2.69. The number of anilines is 1. The van der Waals surface area contributed by atoms with Gasteiger partial charge in [-0.15, -0.1) is 0 Å². The minimum absolute atomic E-state index is 0.0678. The Balaban J connectivity index is 1.85. The van der Waals surface area contributed by atoms with E-state index in [1.165, 1.54) is 24.3 Å². The molecule has 28 heavy (non-hydrogen) atoms. The van der Waals surface area contributed by atoms with Gasteiger partial charge in [0.2, 0.25) is 0 Å². The van der Waals surface area contributed by atoms with Crippen molar-refractivity contribution in [3.05, 3.63) is 90.0 Å². The Morgan fingerprint density at radius 3 is 2.36 bits per heavy atom. The molecular weight excluding hydrogens is 376 g/mol. The molecule has 0 saturated heterocycles. The molecule has 2 N–H and O–H groups in total. The highest BCUT2D eigenvalue weighted by atomic mass is 32.2. The number of carbonyl (C=O) groups is 1. The molecule has 0 heterocycles. The summed E-state index contributed by atoms with van der Waals surface area (Å²) in [6.45, 7) is 3.39. The van der Waals surface area contributed by atoms with Gasteiger partial charge in [0.1, 0.15) is 5.69 Å². The van der Waals surface area contributed by atoms with E-state index in [0.717, 1.165) is 0 Å². The fraction of sp³-hybridized carbons (Fsp3) is 0.0476. The van der Waals surface area contributed by atoms with Crippen molar-refractivity contribution in [2.45, 2.75) is 10.6 Å². The number of amides is 1. The van der Waals surface area contributed by atoms with Gasteiger partial charge in [0.15, 0.2) is 16.6 Å². The molecule has 0 aromatic heterocycles. The highest BCUT2D eigenvalue weighted by Gasteiger charge is 2.19. The van der Waals surface area contributed by atoms with E-state index >= 15 is 0 Å². The van der Waals surface area contributed by atoms with E-state index in [1.54, 1.807) is 48.5 Å². The molecule has 0 fully saturated rings. The van der Waals surface area contributed by atoms with Crippen LogP contribution in [0.25, 0.3) is 0 Å². The molecule has 0 bridgehead atoms. The fourth-order valence-electron chi connectivity index (χ4n) is 2.71. The third-order valence-corrected chi connectivity index (χ3v) is 5.77. The number of benzene rings is 3. The molecule has 3 rings (SSSR count). The molecule has 142 valence electrons. The summed E-state index contributed by atoms with van der Waals surface area (Å²) in [6, 6.07) is 21.3. The SMILES string of the molecule is C=[N+](O)c1ccccc1NC(=O)c1cccc(S(=O)(=O)Cc2ccccc2)c1. The number of sulfone groups is 1. The van der Waals surface area contributed by atoms with Crippen LogP contribution in [0, 0.1) is 0 Å². The molecule has 0 aliphatic rings. The minimum atomic E-state index is -3.60. The zero-order valence-electron chi connectivity index (χ0n) is 14.9. The van der Waals surface area contributed by atoms with Crippen molar-refractivity contribution in [1.29, 1.82) is 0 Å². The summed E-state index contributed by atoms with van der Waals surface area (Å²) < 4.78 is 26.0. The molecule has 0 radical (unpaired) electrons. The standard InChI is InChI=1S/C21H18N2O4S/c1-23(25)20-13-6-5-12-19(20)22-21(24)17-10-7-11-18(14-17)28(26,27)15-16-8-3-2-4-9-16/h2-14H,1,15H2,(H-,22,24,25)/p+1. The third-order valence-electron chi connectivity index (χ3n) is 4.09. The van der Waals surface area contributed by atoms with Crippen molar-refractivity contribution >= 4 is 33.8 Å². The Kier molecular flexibility index (Phi) is 5.56. The van der Waals surface area contributed by atoms with Crippen LogP contribution in [0.2, 0.25) is 0 Å². The summed E-state index contributed by atoms with van der Waals surface area (Å²) in [6.07, 6.45) is 0. The quantitative estimate of drug-likeness (QED) is 0.289. The summed E-state index contributed by atoms with van der Waals surface area (Å²) in [7, 11) is -3.60. The number of para-hydroxylation sites is 2. The molecule has 0 spiro atoms. The lowest BCUT2D eigenvalue weighted by molar-refractivity contribution is -0.705. The van der Waals surface area contributed by atoms with Gasteiger partial charge in [0.05, 0.1) is 10.6 Å². The lowest BCUT2D eigenvalue weighted by atomic mass is 10.2. The van der Waals surface area contributed by atoms with Crippen LogP contribution in [0.15, 0.2) is 83.8 Å². The molecular formula is C21H19N2O4S+. The largest absolute Gasteiger partial charge is 0.316 e. The maximum Gasteiger partial charge on any atom is 0.279 e. The zero-order chi connectivity index (χ0) is 20.1. The Morgan fingerprint density at radius 1 is 0.964 bits per heavy atom.